The molecule has 1 heterocycles. The minimum atomic E-state index is 0.218. The summed E-state index contributed by atoms with van der Waals surface area (Å²) < 4.78 is 5.49. The Bertz CT molecular complexity index is 124. The maximum Gasteiger partial charge on any atom is 0.132 e. The first-order chi connectivity index (χ1) is 5.29. The van der Waals surface area contributed by atoms with E-state index >= 15 is 0 Å². The van der Waals surface area contributed by atoms with Crippen molar-refractivity contribution < 1.29 is 9.53 Å². The zero-order valence-corrected chi connectivity index (χ0v) is 7.14. The van der Waals surface area contributed by atoms with Crippen LogP contribution in [0.5, 0.6) is 0 Å². The van der Waals surface area contributed by atoms with Crippen LogP contribution in [0.1, 0.15) is 39.0 Å². The minimum Gasteiger partial charge on any atom is -0.378 e. The summed E-state index contributed by atoms with van der Waals surface area (Å²) in [6.07, 6.45) is 5.54. The number of carbonyl (C=O) groups excluding carboxylic acids is 1. The average molecular weight is 156 g/mol. The van der Waals surface area contributed by atoms with Gasteiger partial charge in [0.15, 0.2) is 0 Å². The Labute approximate surface area is 67.9 Å². The van der Waals surface area contributed by atoms with E-state index in [4.69, 9.17) is 4.74 Å². The molecule has 1 aliphatic heterocycles. The first-order valence-corrected chi connectivity index (χ1v) is 4.40. The van der Waals surface area contributed by atoms with E-state index in [2.05, 4.69) is 0 Å². The highest BCUT2D eigenvalue weighted by Gasteiger charge is 2.13. The standard InChI is InChI=1S/C9H16O2/c1-8(10)7-9-5-3-2-4-6-11-9/h9H,2-7H2,1H3. The highest BCUT2D eigenvalue weighted by atomic mass is 16.5. The van der Waals surface area contributed by atoms with Crippen LogP contribution in [0.15, 0.2) is 0 Å². The van der Waals surface area contributed by atoms with Gasteiger partial charge < -0.3 is 4.74 Å². The summed E-state index contributed by atoms with van der Waals surface area (Å²) in [6, 6.07) is 0. The van der Waals surface area contributed by atoms with Gasteiger partial charge in [0.2, 0.25) is 0 Å². The first-order valence-electron chi connectivity index (χ1n) is 4.40. The van der Waals surface area contributed by atoms with Gasteiger partial charge in [0.1, 0.15) is 5.78 Å². The second-order valence-corrected chi connectivity index (χ2v) is 3.25. The Morgan fingerprint density at radius 1 is 1.45 bits per heavy atom. The van der Waals surface area contributed by atoms with Gasteiger partial charge in [-0.2, -0.15) is 0 Å². The third-order valence-electron chi connectivity index (χ3n) is 2.04. The van der Waals surface area contributed by atoms with Crippen molar-refractivity contribution in [3.05, 3.63) is 0 Å². The zero-order valence-electron chi connectivity index (χ0n) is 7.14. The normalized spacial score (nSPS) is 26.1. The Balaban J connectivity index is 2.25. The number of ketones is 1. The van der Waals surface area contributed by atoms with Gasteiger partial charge >= 0.3 is 0 Å². The number of hydrogen-bond donors (Lipinski definition) is 0. The molecule has 0 aromatic heterocycles. The second-order valence-electron chi connectivity index (χ2n) is 3.25. The van der Waals surface area contributed by atoms with Gasteiger partial charge in [0, 0.05) is 13.0 Å². The summed E-state index contributed by atoms with van der Waals surface area (Å²) in [7, 11) is 0. The van der Waals surface area contributed by atoms with Crippen molar-refractivity contribution >= 4 is 5.78 Å². The molecule has 11 heavy (non-hydrogen) atoms. The number of ether oxygens (including phenoxy) is 1. The molecule has 1 rings (SSSR count). The number of hydrogen-bond acceptors (Lipinski definition) is 2. The van der Waals surface area contributed by atoms with Crippen LogP contribution in [-0.4, -0.2) is 18.5 Å². The smallest absolute Gasteiger partial charge is 0.132 e. The van der Waals surface area contributed by atoms with Crippen molar-refractivity contribution in [2.75, 3.05) is 6.61 Å². The van der Waals surface area contributed by atoms with Crippen LogP contribution < -0.4 is 0 Å². The molecular formula is C9H16O2. The van der Waals surface area contributed by atoms with E-state index in [0.29, 0.717) is 6.42 Å². The molecule has 0 amide bonds. The maximum absolute atomic E-state index is 10.7. The SMILES string of the molecule is CC(=O)CC1CCCCCO1. The Hall–Kier alpha value is -0.370. The third-order valence-corrected chi connectivity index (χ3v) is 2.04. The van der Waals surface area contributed by atoms with E-state index in [1.54, 1.807) is 6.92 Å². The summed E-state index contributed by atoms with van der Waals surface area (Å²) in [4.78, 5) is 10.7. The van der Waals surface area contributed by atoms with E-state index < -0.39 is 0 Å². The molecule has 2 nitrogen and oxygen atoms in total. The van der Waals surface area contributed by atoms with Gasteiger partial charge in [-0.3, -0.25) is 4.79 Å². The Morgan fingerprint density at radius 2 is 2.27 bits per heavy atom. The lowest BCUT2D eigenvalue weighted by molar-refractivity contribution is -0.119. The monoisotopic (exact) mass is 156 g/mol. The molecule has 2 heteroatoms. The van der Waals surface area contributed by atoms with Gasteiger partial charge in [-0.1, -0.05) is 12.8 Å². The van der Waals surface area contributed by atoms with Crippen molar-refractivity contribution in [1.29, 1.82) is 0 Å². The molecular weight excluding hydrogens is 140 g/mol. The minimum absolute atomic E-state index is 0.218. The van der Waals surface area contributed by atoms with Crippen LogP contribution in [0.25, 0.3) is 0 Å². The van der Waals surface area contributed by atoms with Gasteiger partial charge in [-0.05, 0) is 19.8 Å². The molecule has 1 atom stereocenters. The quantitative estimate of drug-likeness (QED) is 0.610. The van der Waals surface area contributed by atoms with Gasteiger partial charge in [-0.25, -0.2) is 0 Å². The van der Waals surface area contributed by atoms with Gasteiger partial charge in [0.05, 0.1) is 6.10 Å². The molecule has 0 spiro atoms. The van der Waals surface area contributed by atoms with Crippen LogP contribution in [0.2, 0.25) is 0 Å². The molecule has 0 radical (unpaired) electrons. The van der Waals surface area contributed by atoms with Crippen LogP contribution in [0, 0.1) is 0 Å². The molecule has 0 bridgehead atoms. The lowest BCUT2D eigenvalue weighted by Crippen LogP contribution is -2.14. The van der Waals surface area contributed by atoms with Gasteiger partial charge in [0.25, 0.3) is 0 Å². The summed E-state index contributed by atoms with van der Waals surface area (Å²) >= 11 is 0. The fourth-order valence-corrected chi connectivity index (χ4v) is 1.47. The van der Waals surface area contributed by atoms with Crippen molar-refractivity contribution in [2.45, 2.75) is 45.1 Å². The molecule has 1 unspecified atom stereocenters. The summed E-state index contributed by atoms with van der Waals surface area (Å²) in [6.45, 7) is 2.48. The number of rotatable bonds is 2. The van der Waals surface area contributed by atoms with E-state index in [-0.39, 0.29) is 11.9 Å². The summed E-state index contributed by atoms with van der Waals surface area (Å²) in [5.74, 6) is 0.247. The van der Waals surface area contributed by atoms with Crippen molar-refractivity contribution in [2.24, 2.45) is 0 Å². The second kappa shape index (κ2) is 4.50. The Morgan fingerprint density at radius 3 is 3.00 bits per heavy atom. The van der Waals surface area contributed by atoms with Gasteiger partial charge in [-0.15, -0.1) is 0 Å². The predicted molar refractivity (Wildman–Crippen MR) is 43.5 cm³/mol. The van der Waals surface area contributed by atoms with E-state index in [0.717, 1.165) is 19.4 Å². The third kappa shape index (κ3) is 3.51. The molecule has 1 aliphatic rings. The van der Waals surface area contributed by atoms with E-state index in [1.807, 2.05) is 0 Å². The average Bonchev–Trinajstić information content (AvgIpc) is 2.14. The topological polar surface area (TPSA) is 26.3 Å². The number of carbonyl (C=O) groups is 1. The van der Waals surface area contributed by atoms with Crippen molar-refractivity contribution in [3.8, 4) is 0 Å². The molecule has 0 aromatic carbocycles. The first kappa shape index (κ1) is 8.72. The molecule has 0 aliphatic carbocycles. The summed E-state index contributed by atoms with van der Waals surface area (Å²) in [5.41, 5.74) is 0. The molecule has 1 fully saturated rings. The van der Waals surface area contributed by atoms with E-state index in [9.17, 15) is 4.79 Å². The molecule has 0 N–H and O–H groups in total. The largest absolute Gasteiger partial charge is 0.378 e. The van der Waals surface area contributed by atoms with Crippen LogP contribution >= 0.6 is 0 Å². The lowest BCUT2D eigenvalue weighted by atomic mass is 10.1. The van der Waals surface area contributed by atoms with E-state index in [1.165, 1.54) is 12.8 Å². The molecule has 1 saturated heterocycles. The fourth-order valence-electron chi connectivity index (χ4n) is 1.47. The molecule has 0 saturated carbocycles. The molecule has 0 aromatic rings. The molecule has 64 valence electrons. The lowest BCUT2D eigenvalue weighted by Gasteiger charge is -2.11. The summed E-state index contributed by atoms with van der Waals surface area (Å²) in [5, 5.41) is 0. The maximum atomic E-state index is 10.7. The van der Waals surface area contributed by atoms with Crippen LogP contribution in [-0.2, 0) is 9.53 Å². The zero-order chi connectivity index (χ0) is 8.10. The van der Waals surface area contributed by atoms with Crippen LogP contribution in [0.3, 0.4) is 0 Å². The number of Topliss-reactive ketones (excluding diaryl/α,β-unsaturated/α-hetero) is 1. The van der Waals surface area contributed by atoms with Crippen molar-refractivity contribution in [3.63, 3.8) is 0 Å². The Kier molecular flexibility index (Phi) is 3.57. The van der Waals surface area contributed by atoms with Crippen molar-refractivity contribution in [1.82, 2.24) is 0 Å². The van der Waals surface area contributed by atoms with Crippen LogP contribution in [0.4, 0.5) is 0 Å². The fraction of sp³-hybridized carbons (Fsp3) is 0.889. The predicted octanol–water partition coefficient (Wildman–Crippen LogP) is 1.92. The highest BCUT2D eigenvalue weighted by Crippen LogP contribution is 2.15. The highest BCUT2D eigenvalue weighted by molar-refractivity contribution is 5.75.